The van der Waals surface area contributed by atoms with Gasteiger partial charge in [-0.15, -0.1) is 0 Å². The van der Waals surface area contributed by atoms with Crippen molar-refractivity contribution in [3.63, 3.8) is 0 Å². The van der Waals surface area contributed by atoms with Gasteiger partial charge in [0.05, 0.1) is 16.6 Å². The summed E-state index contributed by atoms with van der Waals surface area (Å²) in [5.41, 5.74) is -0.794. The minimum atomic E-state index is -4.42. The Labute approximate surface area is 92.8 Å². The average Bonchev–Trinajstić information content (AvgIpc) is 2.14. The Bertz CT molecular complexity index is 339. The normalized spacial score (nSPS) is 11.5. The van der Waals surface area contributed by atoms with E-state index in [1.54, 1.807) is 0 Å². The second-order valence-electron chi connectivity index (χ2n) is 2.69. The number of halogens is 4. The summed E-state index contributed by atoms with van der Waals surface area (Å²) in [6.45, 7) is -0.289. The Morgan fingerprint density at radius 1 is 1.33 bits per heavy atom. The molecule has 0 aliphatic heterocycles. The molecule has 84 valence electrons. The zero-order valence-corrected chi connectivity index (χ0v) is 9.10. The van der Waals surface area contributed by atoms with Crippen molar-refractivity contribution in [1.29, 1.82) is 0 Å². The van der Waals surface area contributed by atoms with Crippen LogP contribution in [0.25, 0.3) is 0 Å². The summed E-state index contributed by atoms with van der Waals surface area (Å²) >= 11 is 2.82. The predicted octanol–water partition coefficient (Wildman–Crippen LogP) is 2.84. The van der Waals surface area contributed by atoms with E-state index >= 15 is 0 Å². The van der Waals surface area contributed by atoms with E-state index in [0.717, 1.165) is 6.07 Å². The molecule has 6 heteroatoms. The van der Waals surface area contributed by atoms with Gasteiger partial charge in [-0.25, -0.2) is 0 Å². The molecule has 0 aliphatic rings. The van der Waals surface area contributed by atoms with E-state index in [-0.39, 0.29) is 23.4 Å². The van der Waals surface area contributed by atoms with Gasteiger partial charge in [-0.3, -0.25) is 0 Å². The first-order chi connectivity index (χ1) is 6.96. The molecule has 0 fully saturated rings. The Balaban J connectivity index is 3.01. The van der Waals surface area contributed by atoms with Crippen LogP contribution in [0.5, 0.6) is 5.75 Å². The molecule has 0 amide bonds. The molecular weight excluding hydrogens is 277 g/mol. The van der Waals surface area contributed by atoms with E-state index in [9.17, 15) is 13.2 Å². The van der Waals surface area contributed by atoms with Crippen molar-refractivity contribution in [2.45, 2.75) is 6.18 Å². The van der Waals surface area contributed by atoms with Gasteiger partial charge in [0, 0.05) is 0 Å². The summed E-state index contributed by atoms with van der Waals surface area (Å²) in [5.74, 6) is 0.0684. The number of benzene rings is 1. The Kier molecular flexibility index (Phi) is 3.98. The maximum atomic E-state index is 12.4. The largest absolute Gasteiger partial charge is 0.490 e. The summed E-state index contributed by atoms with van der Waals surface area (Å²) < 4.78 is 42.0. The molecule has 0 aromatic heterocycles. The summed E-state index contributed by atoms with van der Waals surface area (Å²) in [6.07, 6.45) is -4.42. The lowest BCUT2D eigenvalue weighted by Crippen LogP contribution is -2.08. The molecule has 1 rings (SSSR count). The van der Waals surface area contributed by atoms with Crippen molar-refractivity contribution in [1.82, 2.24) is 0 Å². The fraction of sp³-hybridized carbons (Fsp3) is 0.333. The summed E-state index contributed by atoms with van der Waals surface area (Å²) in [4.78, 5) is 0. The second-order valence-corrected chi connectivity index (χ2v) is 3.48. The molecule has 0 spiro atoms. The molecule has 0 atom stereocenters. The van der Waals surface area contributed by atoms with Crippen LogP contribution in [0.3, 0.4) is 0 Å². The minimum Gasteiger partial charge on any atom is -0.490 e. The molecule has 2 nitrogen and oxygen atoms in total. The molecule has 15 heavy (non-hydrogen) atoms. The number of hydrogen-bond acceptors (Lipinski definition) is 2. The van der Waals surface area contributed by atoms with Crippen LogP contribution in [0.4, 0.5) is 13.2 Å². The van der Waals surface area contributed by atoms with Crippen LogP contribution in [-0.4, -0.2) is 18.3 Å². The van der Waals surface area contributed by atoms with Crippen LogP contribution in [0.1, 0.15) is 5.56 Å². The molecule has 0 heterocycles. The molecule has 0 unspecified atom stereocenters. The van der Waals surface area contributed by atoms with Crippen LogP contribution in [0.15, 0.2) is 22.7 Å². The van der Waals surface area contributed by atoms with Crippen LogP contribution in [0, 0.1) is 0 Å². The van der Waals surface area contributed by atoms with Crippen molar-refractivity contribution >= 4 is 15.9 Å². The van der Waals surface area contributed by atoms with Gasteiger partial charge in [-0.05, 0) is 28.1 Å². The first kappa shape index (κ1) is 12.3. The lowest BCUT2D eigenvalue weighted by Gasteiger charge is -2.12. The number of alkyl halides is 3. The quantitative estimate of drug-likeness (QED) is 0.925. The number of ether oxygens (including phenoxy) is 1. The number of aliphatic hydroxyl groups is 1. The fourth-order valence-electron chi connectivity index (χ4n) is 0.997. The van der Waals surface area contributed by atoms with Gasteiger partial charge in [-0.1, -0.05) is 6.07 Å². The van der Waals surface area contributed by atoms with Crippen molar-refractivity contribution in [3.8, 4) is 5.75 Å². The van der Waals surface area contributed by atoms with Crippen molar-refractivity contribution < 1.29 is 23.0 Å². The number of hydrogen-bond donors (Lipinski definition) is 1. The van der Waals surface area contributed by atoms with Gasteiger partial charge in [0.1, 0.15) is 12.4 Å². The second kappa shape index (κ2) is 4.85. The molecule has 0 bridgehead atoms. The lowest BCUT2D eigenvalue weighted by atomic mass is 10.2. The molecule has 0 saturated carbocycles. The molecule has 0 radical (unpaired) electrons. The molecule has 1 N–H and O–H groups in total. The highest BCUT2D eigenvalue weighted by Gasteiger charge is 2.33. The molecule has 1 aromatic carbocycles. The van der Waals surface area contributed by atoms with Gasteiger partial charge in [0.25, 0.3) is 0 Å². The van der Waals surface area contributed by atoms with E-state index < -0.39 is 11.7 Å². The SMILES string of the molecule is OCCOc1cccc(C(F)(F)F)c1Br. The summed E-state index contributed by atoms with van der Waals surface area (Å²) in [5, 5.41) is 8.49. The first-order valence-corrected chi connectivity index (χ1v) is 4.85. The van der Waals surface area contributed by atoms with E-state index in [0.29, 0.717) is 0 Å². The third-order valence-corrected chi connectivity index (χ3v) is 2.44. The van der Waals surface area contributed by atoms with Crippen LogP contribution in [0.2, 0.25) is 0 Å². The smallest absolute Gasteiger partial charge is 0.417 e. The first-order valence-electron chi connectivity index (χ1n) is 4.06. The van der Waals surface area contributed by atoms with Crippen LogP contribution in [-0.2, 0) is 6.18 Å². The summed E-state index contributed by atoms with van der Waals surface area (Å²) in [6, 6.07) is 3.60. The van der Waals surface area contributed by atoms with Gasteiger partial charge in [0.2, 0.25) is 0 Å². The van der Waals surface area contributed by atoms with Gasteiger partial charge in [-0.2, -0.15) is 13.2 Å². The lowest BCUT2D eigenvalue weighted by molar-refractivity contribution is -0.138. The van der Waals surface area contributed by atoms with Crippen molar-refractivity contribution in [3.05, 3.63) is 28.2 Å². The fourth-order valence-corrected chi connectivity index (χ4v) is 1.60. The predicted molar refractivity (Wildman–Crippen MR) is 51.7 cm³/mol. The topological polar surface area (TPSA) is 29.5 Å². The zero-order valence-electron chi connectivity index (χ0n) is 7.51. The molecule has 1 aromatic rings. The summed E-state index contributed by atoms with van der Waals surface area (Å²) in [7, 11) is 0. The number of aliphatic hydroxyl groups excluding tert-OH is 1. The van der Waals surface area contributed by atoms with E-state index in [1.807, 2.05) is 0 Å². The highest BCUT2D eigenvalue weighted by atomic mass is 79.9. The Morgan fingerprint density at radius 3 is 2.53 bits per heavy atom. The van der Waals surface area contributed by atoms with Gasteiger partial charge >= 0.3 is 6.18 Å². The number of rotatable bonds is 3. The maximum absolute atomic E-state index is 12.4. The van der Waals surface area contributed by atoms with Crippen molar-refractivity contribution in [2.24, 2.45) is 0 Å². The third-order valence-electron chi connectivity index (χ3n) is 1.62. The van der Waals surface area contributed by atoms with E-state index in [1.165, 1.54) is 12.1 Å². The van der Waals surface area contributed by atoms with Crippen LogP contribution >= 0.6 is 15.9 Å². The van der Waals surface area contributed by atoms with Crippen molar-refractivity contribution in [2.75, 3.05) is 13.2 Å². The Hall–Kier alpha value is -0.750. The molecule has 0 saturated heterocycles. The molecule has 0 aliphatic carbocycles. The van der Waals surface area contributed by atoms with Gasteiger partial charge in [0.15, 0.2) is 0 Å². The average molecular weight is 285 g/mol. The van der Waals surface area contributed by atoms with Gasteiger partial charge < -0.3 is 9.84 Å². The van der Waals surface area contributed by atoms with Crippen LogP contribution < -0.4 is 4.74 Å². The zero-order chi connectivity index (χ0) is 11.5. The standard InChI is InChI=1S/C9H8BrF3O2/c10-8-6(9(11,12)13)2-1-3-7(8)15-5-4-14/h1-3,14H,4-5H2. The highest BCUT2D eigenvalue weighted by molar-refractivity contribution is 9.10. The highest BCUT2D eigenvalue weighted by Crippen LogP contribution is 2.39. The van der Waals surface area contributed by atoms with E-state index in [4.69, 9.17) is 9.84 Å². The monoisotopic (exact) mass is 284 g/mol. The maximum Gasteiger partial charge on any atom is 0.417 e. The van der Waals surface area contributed by atoms with E-state index in [2.05, 4.69) is 15.9 Å². The Morgan fingerprint density at radius 2 is 2.00 bits per heavy atom. The minimum absolute atomic E-state index is 0.0418. The third kappa shape index (κ3) is 3.10. The molecular formula is C9H8BrF3O2.